The summed E-state index contributed by atoms with van der Waals surface area (Å²) in [5.74, 6) is 0. The molecule has 7 heteroatoms. The second-order valence-corrected chi connectivity index (χ2v) is 4.61. The molecule has 1 N–H and O–H groups in total. The van der Waals surface area contributed by atoms with Gasteiger partial charge in [0, 0.05) is 62.0 Å². The van der Waals surface area contributed by atoms with Crippen LogP contribution in [-0.2, 0) is 7.05 Å². The van der Waals surface area contributed by atoms with Gasteiger partial charge in [0.05, 0.1) is 29.1 Å². The third-order valence-corrected chi connectivity index (χ3v) is 3.24. The molecule has 0 unspecified atom stereocenters. The molecule has 0 aromatic carbocycles. The van der Waals surface area contributed by atoms with Crippen molar-refractivity contribution in [2.24, 2.45) is 7.05 Å². The van der Waals surface area contributed by atoms with Gasteiger partial charge in [0.2, 0.25) is 0 Å². The van der Waals surface area contributed by atoms with Crippen LogP contribution in [0.2, 0.25) is 0 Å². The number of aryl methyl sites for hydroxylation is 1. The van der Waals surface area contributed by atoms with Crippen LogP contribution >= 0.6 is 12.4 Å². The minimum Gasteiger partial charge on any atom is -0.366 e. The lowest BCUT2D eigenvalue weighted by molar-refractivity contribution is 0.590. The second kappa shape index (κ2) is 5.98. The number of pyridine rings is 1. The van der Waals surface area contributed by atoms with Gasteiger partial charge in [-0.25, -0.2) is 4.52 Å². The van der Waals surface area contributed by atoms with E-state index in [2.05, 4.69) is 10.2 Å². The van der Waals surface area contributed by atoms with Gasteiger partial charge in [-0.1, -0.05) is 6.07 Å². The summed E-state index contributed by atoms with van der Waals surface area (Å²) < 4.78 is 67.8. The van der Waals surface area contributed by atoms with Crippen molar-refractivity contribution in [3.05, 3.63) is 36.9 Å². The van der Waals surface area contributed by atoms with Gasteiger partial charge in [0.25, 0.3) is 0 Å². The number of anilines is 1. The molecular weight excluding hydrogens is 300 g/mol. The summed E-state index contributed by atoms with van der Waals surface area (Å²) in [6.07, 6.45) is 6.34. The van der Waals surface area contributed by atoms with Crippen LogP contribution in [0, 0.1) is 0 Å². The van der Waals surface area contributed by atoms with Crippen LogP contribution in [0.1, 0.15) is 11.0 Å². The first-order valence-electron chi connectivity index (χ1n) is 10.3. The number of halogens is 1. The summed E-state index contributed by atoms with van der Waals surface area (Å²) in [6.45, 7) is -11.6. The van der Waals surface area contributed by atoms with Crippen molar-refractivity contribution in [3.8, 4) is 11.1 Å². The molecule has 1 fully saturated rings. The van der Waals surface area contributed by atoms with Gasteiger partial charge in [-0.3, -0.25) is 4.68 Å². The van der Waals surface area contributed by atoms with E-state index in [1.54, 1.807) is 36.3 Å². The number of fused-ring (bicyclic) bond motifs is 1. The van der Waals surface area contributed by atoms with Gasteiger partial charge in [0.1, 0.15) is 0 Å². The lowest BCUT2D eigenvalue weighted by Gasteiger charge is -2.28. The highest BCUT2D eigenvalue weighted by molar-refractivity contribution is 5.85. The molecule has 0 amide bonds. The average molecular weight is 327 g/mol. The predicted octanol–water partition coefficient (Wildman–Crippen LogP) is 1.57. The molecule has 22 heavy (non-hydrogen) atoms. The molecule has 0 spiro atoms. The molecule has 0 aliphatic carbocycles. The predicted molar refractivity (Wildman–Crippen MR) is 89.7 cm³/mol. The Labute approximate surface area is 146 Å². The number of piperazine rings is 1. The van der Waals surface area contributed by atoms with E-state index in [4.69, 9.17) is 11.0 Å². The number of hydrogen-bond acceptors (Lipinski definition) is 4. The maximum absolute atomic E-state index is 8.25. The zero-order valence-corrected chi connectivity index (χ0v) is 12.4. The van der Waals surface area contributed by atoms with Crippen molar-refractivity contribution in [1.29, 1.82) is 0 Å². The maximum atomic E-state index is 8.25. The Balaban J connectivity index is 0.00000256. The Kier molecular flexibility index (Phi) is 2.17. The van der Waals surface area contributed by atoms with E-state index < -0.39 is 26.0 Å². The van der Waals surface area contributed by atoms with E-state index in [9.17, 15) is 0 Å². The monoisotopic (exact) mass is 326 g/mol. The van der Waals surface area contributed by atoms with E-state index in [1.807, 2.05) is 11.5 Å². The smallest absolute Gasteiger partial charge is 0.0896 e. The molecule has 1 aliphatic rings. The topological polar surface area (TPSA) is 50.4 Å². The molecule has 0 radical (unpaired) electrons. The van der Waals surface area contributed by atoms with Crippen LogP contribution in [0.15, 0.2) is 36.9 Å². The van der Waals surface area contributed by atoms with Crippen molar-refractivity contribution in [3.63, 3.8) is 0 Å². The zero-order chi connectivity index (χ0) is 21.4. The molecule has 0 saturated carbocycles. The largest absolute Gasteiger partial charge is 0.366 e. The molecular formula is C15H19ClN6. The van der Waals surface area contributed by atoms with Gasteiger partial charge in [-0.2, -0.15) is 10.2 Å². The lowest BCUT2D eigenvalue weighted by atomic mass is 10.1. The molecule has 116 valence electrons. The number of aromatic nitrogens is 4. The molecule has 4 rings (SSSR count). The fraction of sp³-hybridized carbons (Fsp3) is 0.333. The van der Waals surface area contributed by atoms with Crippen molar-refractivity contribution in [2.75, 3.05) is 30.9 Å². The molecule has 3 aromatic rings. The maximum Gasteiger partial charge on any atom is 0.0896 e. The molecule has 3 aromatic heterocycles. The first-order chi connectivity index (χ1) is 13.3. The fourth-order valence-corrected chi connectivity index (χ4v) is 2.23. The minimum atomic E-state index is -2.91. The van der Waals surface area contributed by atoms with Gasteiger partial charge in [0.15, 0.2) is 0 Å². The van der Waals surface area contributed by atoms with E-state index in [1.165, 1.54) is 10.7 Å². The normalized spacial score (nSPS) is 29.6. The Morgan fingerprint density at radius 3 is 2.64 bits per heavy atom. The van der Waals surface area contributed by atoms with Crippen LogP contribution in [0.4, 0.5) is 5.69 Å². The lowest BCUT2D eigenvalue weighted by Crippen LogP contribution is -2.43. The highest BCUT2D eigenvalue weighted by Gasteiger charge is 2.15. The Morgan fingerprint density at radius 2 is 1.91 bits per heavy atom. The third kappa shape index (κ3) is 2.55. The average Bonchev–Trinajstić information content (AvgIpc) is 3.19. The summed E-state index contributed by atoms with van der Waals surface area (Å²) >= 11 is 0. The van der Waals surface area contributed by atoms with Gasteiger partial charge in [-0.15, -0.1) is 12.4 Å². The van der Waals surface area contributed by atoms with E-state index >= 15 is 0 Å². The molecule has 1 aliphatic heterocycles. The van der Waals surface area contributed by atoms with Crippen molar-refractivity contribution >= 4 is 23.6 Å². The third-order valence-electron chi connectivity index (χ3n) is 3.24. The van der Waals surface area contributed by atoms with Crippen LogP contribution in [0.3, 0.4) is 0 Å². The van der Waals surface area contributed by atoms with Crippen LogP contribution in [0.25, 0.3) is 16.6 Å². The van der Waals surface area contributed by atoms with Gasteiger partial charge in [-0.05, 0) is 6.07 Å². The van der Waals surface area contributed by atoms with E-state index in [-0.39, 0.29) is 18.1 Å². The van der Waals surface area contributed by atoms with Crippen molar-refractivity contribution in [1.82, 2.24) is 24.7 Å². The Bertz CT molecular complexity index is 1070. The number of nitrogens with zero attached hydrogens (tertiary/aromatic N) is 5. The summed E-state index contributed by atoms with van der Waals surface area (Å²) in [7, 11) is 1.78. The SMILES string of the molecule is Cl.[2H]C1([2H])NC([2H])([2H])C([2H])([2H])N(c2cnn3cc(-c4cnn(C)c4)ccc23)C1([2H])[2H]. The minimum absolute atomic E-state index is 0. The van der Waals surface area contributed by atoms with Crippen molar-refractivity contribution in [2.45, 2.75) is 0 Å². The van der Waals surface area contributed by atoms with Crippen LogP contribution in [-0.4, -0.2) is 45.4 Å². The summed E-state index contributed by atoms with van der Waals surface area (Å²) in [4.78, 5) is 0.489. The number of nitrogens with one attached hydrogen (secondary N) is 1. The summed E-state index contributed by atoms with van der Waals surface area (Å²) in [5, 5.41) is 10.1. The Morgan fingerprint density at radius 1 is 1.09 bits per heavy atom. The Hall–Kier alpha value is -2.05. The molecule has 1 saturated heterocycles. The summed E-state index contributed by atoms with van der Waals surface area (Å²) in [5.41, 5.74) is 1.84. The van der Waals surface area contributed by atoms with Crippen LogP contribution in [0.5, 0.6) is 0 Å². The molecule has 0 atom stereocenters. The fourth-order valence-electron chi connectivity index (χ4n) is 2.23. The second-order valence-electron chi connectivity index (χ2n) is 4.61. The number of rotatable bonds is 2. The standard InChI is InChI=1S/C15H18N6.ClH/c1-19-10-13(8-17-19)12-2-3-14-15(9-18-21(14)11-12)20-6-4-16-5-7-20;/h2-3,8-11,16H,4-7H2,1H3;1H/i4D2,5D2,6D2,7D2;. The molecule has 0 bridgehead atoms. The van der Waals surface area contributed by atoms with E-state index in [0.29, 0.717) is 10.4 Å². The van der Waals surface area contributed by atoms with Crippen molar-refractivity contribution < 1.29 is 11.0 Å². The zero-order valence-electron chi connectivity index (χ0n) is 19.6. The first-order valence-corrected chi connectivity index (χ1v) is 6.34. The van der Waals surface area contributed by atoms with Crippen LogP contribution < -0.4 is 10.2 Å². The van der Waals surface area contributed by atoms with Gasteiger partial charge >= 0.3 is 0 Å². The molecule has 6 nitrogen and oxygen atoms in total. The highest BCUT2D eigenvalue weighted by atomic mass is 35.5. The highest BCUT2D eigenvalue weighted by Crippen LogP contribution is 2.25. The summed E-state index contributed by atoms with van der Waals surface area (Å²) in [6, 6.07) is 3.33. The number of hydrogen-bond donors (Lipinski definition) is 1. The quantitative estimate of drug-likeness (QED) is 0.776. The van der Waals surface area contributed by atoms with E-state index in [0.717, 1.165) is 11.1 Å². The van der Waals surface area contributed by atoms with Gasteiger partial charge < -0.3 is 10.2 Å². The molecule has 4 heterocycles. The first kappa shape index (κ1) is 7.99.